The minimum Gasteiger partial charge on any atom is -0.373 e. The van der Waals surface area contributed by atoms with E-state index in [9.17, 15) is 0 Å². The third-order valence-corrected chi connectivity index (χ3v) is 2.94. The van der Waals surface area contributed by atoms with Gasteiger partial charge in [0.05, 0.1) is 12.7 Å². The molecule has 106 valence electrons. The highest BCUT2D eigenvalue weighted by atomic mass is 16.5. The van der Waals surface area contributed by atoms with Gasteiger partial charge in [-0.15, -0.1) is 0 Å². The lowest BCUT2D eigenvalue weighted by atomic mass is 10.1. The molecular weight excluding hydrogens is 226 g/mol. The first kappa shape index (κ1) is 15.5. The van der Waals surface area contributed by atoms with Gasteiger partial charge in [-0.05, 0) is 34.9 Å². The number of rotatable bonds is 5. The molecule has 4 heteroatoms. The second-order valence-corrected chi connectivity index (χ2v) is 6.37. The van der Waals surface area contributed by atoms with Crippen LogP contribution in [0.4, 0.5) is 0 Å². The molecule has 0 saturated carbocycles. The fourth-order valence-electron chi connectivity index (χ4n) is 2.02. The van der Waals surface area contributed by atoms with E-state index in [2.05, 4.69) is 56.6 Å². The SMILES string of the molecule is C=C(CN(C)C)N1CCOC(CNC(C)(C)C)C1. The Balaban J connectivity index is 2.38. The molecule has 0 spiro atoms. The van der Waals surface area contributed by atoms with Gasteiger partial charge in [0.2, 0.25) is 0 Å². The Morgan fingerprint density at radius 1 is 1.44 bits per heavy atom. The number of hydrogen-bond acceptors (Lipinski definition) is 4. The zero-order chi connectivity index (χ0) is 13.8. The summed E-state index contributed by atoms with van der Waals surface area (Å²) in [4.78, 5) is 4.50. The molecule has 1 unspecified atom stereocenters. The highest BCUT2D eigenvalue weighted by Gasteiger charge is 2.22. The first-order chi connectivity index (χ1) is 8.28. The van der Waals surface area contributed by atoms with Crippen molar-refractivity contribution in [1.29, 1.82) is 0 Å². The summed E-state index contributed by atoms with van der Waals surface area (Å²) in [5, 5.41) is 3.50. The van der Waals surface area contributed by atoms with Crippen molar-refractivity contribution in [1.82, 2.24) is 15.1 Å². The quantitative estimate of drug-likeness (QED) is 0.797. The van der Waals surface area contributed by atoms with Crippen molar-refractivity contribution in [2.75, 3.05) is 46.9 Å². The van der Waals surface area contributed by atoms with Crippen molar-refractivity contribution < 1.29 is 4.74 Å². The van der Waals surface area contributed by atoms with Gasteiger partial charge >= 0.3 is 0 Å². The summed E-state index contributed by atoms with van der Waals surface area (Å²) in [6.45, 7) is 15.2. The third kappa shape index (κ3) is 5.85. The molecule has 0 aliphatic carbocycles. The van der Waals surface area contributed by atoms with Crippen LogP contribution < -0.4 is 5.32 Å². The van der Waals surface area contributed by atoms with Crippen LogP contribution >= 0.6 is 0 Å². The van der Waals surface area contributed by atoms with Gasteiger partial charge in [-0.2, -0.15) is 0 Å². The minimum absolute atomic E-state index is 0.145. The van der Waals surface area contributed by atoms with Crippen LogP contribution in [0.2, 0.25) is 0 Å². The summed E-state index contributed by atoms with van der Waals surface area (Å²) in [5.74, 6) is 0. The van der Waals surface area contributed by atoms with Crippen molar-refractivity contribution in [3.63, 3.8) is 0 Å². The van der Waals surface area contributed by atoms with Crippen LogP contribution in [-0.4, -0.2) is 68.3 Å². The second kappa shape index (κ2) is 6.55. The van der Waals surface area contributed by atoms with Gasteiger partial charge in [0.1, 0.15) is 0 Å². The molecule has 0 aromatic rings. The van der Waals surface area contributed by atoms with Gasteiger partial charge in [-0.1, -0.05) is 6.58 Å². The number of morpholine rings is 1. The summed E-state index contributed by atoms with van der Waals surface area (Å²) >= 11 is 0. The molecule has 1 fully saturated rings. The smallest absolute Gasteiger partial charge is 0.0874 e. The highest BCUT2D eigenvalue weighted by Crippen LogP contribution is 2.11. The Morgan fingerprint density at radius 3 is 2.67 bits per heavy atom. The number of ether oxygens (including phenoxy) is 1. The van der Waals surface area contributed by atoms with E-state index in [1.165, 1.54) is 5.70 Å². The minimum atomic E-state index is 0.145. The van der Waals surface area contributed by atoms with Gasteiger partial charge < -0.3 is 19.9 Å². The Labute approximate surface area is 112 Å². The molecule has 1 aliphatic heterocycles. The van der Waals surface area contributed by atoms with E-state index >= 15 is 0 Å². The van der Waals surface area contributed by atoms with Gasteiger partial charge in [-0.25, -0.2) is 0 Å². The fourth-order valence-corrected chi connectivity index (χ4v) is 2.02. The molecule has 0 aromatic carbocycles. The van der Waals surface area contributed by atoms with E-state index < -0.39 is 0 Å². The molecule has 0 bridgehead atoms. The fraction of sp³-hybridized carbons (Fsp3) is 0.857. The maximum atomic E-state index is 5.80. The van der Waals surface area contributed by atoms with Crippen molar-refractivity contribution >= 4 is 0 Å². The monoisotopic (exact) mass is 255 g/mol. The Kier molecular flexibility index (Phi) is 5.63. The lowest BCUT2D eigenvalue weighted by Crippen LogP contribution is -2.50. The summed E-state index contributed by atoms with van der Waals surface area (Å²) in [6.07, 6.45) is 0.261. The lowest BCUT2D eigenvalue weighted by Gasteiger charge is -2.37. The van der Waals surface area contributed by atoms with E-state index in [1.807, 2.05) is 0 Å². The van der Waals surface area contributed by atoms with Crippen LogP contribution in [0.5, 0.6) is 0 Å². The normalized spacial score (nSPS) is 21.4. The van der Waals surface area contributed by atoms with Gasteiger partial charge in [0.15, 0.2) is 0 Å². The number of nitrogens with zero attached hydrogens (tertiary/aromatic N) is 2. The average molecular weight is 255 g/mol. The molecule has 1 saturated heterocycles. The predicted molar refractivity (Wildman–Crippen MR) is 76.8 cm³/mol. The topological polar surface area (TPSA) is 27.7 Å². The number of hydrogen-bond donors (Lipinski definition) is 1. The zero-order valence-corrected chi connectivity index (χ0v) is 12.6. The van der Waals surface area contributed by atoms with E-state index in [0.29, 0.717) is 0 Å². The van der Waals surface area contributed by atoms with Crippen LogP contribution in [-0.2, 0) is 4.74 Å². The van der Waals surface area contributed by atoms with Crippen molar-refractivity contribution in [3.8, 4) is 0 Å². The van der Waals surface area contributed by atoms with Crippen molar-refractivity contribution in [3.05, 3.63) is 12.3 Å². The molecule has 0 radical (unpaired) electrons. The third-order valence-electron chi connectivity index (χ3n) is 2.94. The van der Waals surface area contributed by atoms with Gasteiger partial charge in [-0.3, -0.25) is 0 Å². The summed E-state index contributed by atoms with van der Waals surface area (Å²) in [5.41, 5.74) is 1.33. The molecule has 4 nitrogen and oxygen atoms in total. The molecule has 0 aromatic heterocycles. The van der Waals surface area contributed by atoms with Crippen LogP contribution in [0.25, 0.3) is 0 Å². The maximum absolute atomic E-state index is 5.80. The predicted octanol–water partition coefficient (Wildman–Crippen LogP) is 1.15. The van der Waals surface area contributed by atoms with Crippen LogP contribution in [0, 0.1) is 0 Å². The van der Waals surface area contributed by atoms with Gasteiger partial charge in [0, 0.05) is 37.4 Å². The molecule has 18 heavy (non-hydrogen) atoms. The summed E-state index contributed by atoms with van der Waals surface area (Å²) in [7, 11) is 4.15. The molecule has 0 amide bonds. The maximum Gasteiger partial charge on any atom is 0.0874 e. The molecule has 1 atom stereocenters. The van der Waals surface area contributed by atoms with Crippen LogP contribution in [0.1, 0.15) is 20.8 Å². The molecule has 1 aliphatic rings. The molecule has 1 rings (SSSR count). The first-order valence-electron chi connectivity index (χ1n) is 6.72. The standard InChI is InChI=1S/C14H29N3O/c1-12(10-16(5)6)17-7-8-18-13(11-17)9-15-14(2,3)4/h13,15H,1,7-11H2,2-6H3. The van der Waals surface area contributed by atoms with E-state index in [4.69, 9.17) is 4.74 Å². The first-order valence-corrected chi connectivity index (χ1v) is 6.72. The zero-order valence-electron chi connectivity index (χ0n) is 12.6. The summed E-state index contributed by atoms with van der Waals surface area (Å²) in [6, 6.07) is 0. The lowest BCUT2D eigenvalue weighted by molar-refractivity contribution is -0.0193. The summed E-state index contributed by atoms with van der Waals surface area (Å²) < 4.78 is 5.80. The Bertz CT molecular complexity index is 271. The molecule has 1 N–H and O–H groups in total. The van der Waals surface area contributed by atoms with Crippen molar-refractivity contribution in [2.24, 2.45) is 0 Å². The average Bonchev–Trinajstić information content (AvgIpc) is 2.25. The Morgan fingerprint density at radius 2 is 2.11 bits per heavy atom. The van der Waals surface area contributed by atoms with E-state index in [-0.39, 0.29) is 11.6 Å². The van der Waals surface area contributed by atoms with Crippen LogP contribution in [0.15, 0.2) is 12.3 Å². The largest absolute Gasteiger partial charge is 0.373 e. The number of likely N-dealkylation sites (N-methyl/N-ethyl adjacent to an activating group) is 1. The molecular formula is C14H29N3O. The van der Waals surface area contributed by atoms with E-state index in [0.717, 1.165) is 32.8 Å². The second-order valence-electron chi connectivity index (χ2n) is 6.37. The number of nitrogens with one attached hydrogen (secondary N) is 1. The molecule has 1 heterocycles. The highest BCUT2D eigenvalue weighted by molar-refractivity contribution is 4.98. The van der Waals surface area contributed by atoms with Gasteiger partial charge in [0.25, 0.3) is 0 Å². The van der Waals surface area contributed by atoms with E-state index in [1.54, 1.807) is 0 Å². The van der Waals surface area contributed by atoms with Crippen molar-refractivity contribution in [2.45, 2.75) is 32.4 Å². The Hall–Kier alpha value is -0.580. The van der Waals surface area contributed by atoms with Crippen LogP contribution in [0.3, 0.4) is 0 Å².